The van der Waals surface area contributed by atoms with Crippen LogP contribution < -0.4 is 5.32 Å². The summed E-state index contributed by atoms with van der Waals surface area (Å²) in [4.78, 5) is 22.1. The normalized spacial score (nSPS) is 11.9. The molecule has 1 amide bonds. The van der Waals surface area contributed by atoms with Gasteiger partial charge in [-0.05, 0) is 24.0 Å². The lowest BCUT2D eigenvalue weighted by molar-refractivity contribution is -0.133. The highest BCUT2D eigenvalue weighted by Crippen LogP contribution is 2.22. The molecule has 0 saturated heterocycles. The van der Waals surface area contributed by atoms with Crippen LogP contribution in [0.3, 0.4) is 0 Å². The Hall–Kier alpha value is -1.49. The number of amides is 1. The summed E-state index contributed by atoms with van der Waals surface area (Å²) in [7, 11) is 0. The number of carboxylic acid groups (broad SMARTS) is 1. The van der Waals surface area contributed by atoms with Gasteiger partial charge in [0.2, 0.25) is 5.91 Å². The van der Waals surface area contributed by atoms with Crippen LogP contribution in [0.15, 0.2) is 24.3 Å². The molecule has 2 N–H and O–H groups in total. The monoisotopic (exact) mass is 295 g/mol. The van der Waals surface area contributed by atoms with Crippen LogP contribution in [0, 0.1) is 6.92 Å². The summed E-state index contributed by atoms with van der Waals surface area (Å²) in [5.74, 6) is 0.0702. The number of nitrogens with one attached hydrogen (secondary N) is 1. The highest BCUT2D eigenvalue weighted by atomic mass is 32.2. The van der Waals surface area contributed by atoms with Gasteiger partial charge in [0.15, 0.2) is 0 Å². The Morgan fingerprint density at radius 1 is 1.35 bits per heavy atom. The number of hydrogen-bond donors (Lipinski definition) is 2. The fourth-order valence-corrected chi connectivity index (χ4v) is 2.59. The third-order valence-corrected chi connectivity index (χ3v) is 3.95. The largest absolute Gasteiger partial charge is 0.481 e. The van der Waals surface area contributed by atoms with Gasteiger partial charge in [0.1, 0.15) is 0 Å². The lowest BCUT2D eigenvalue weighted by Gasteiger charge is -2.14. The van der Waals surface area contributed by atoms with Crippen molar-refractivity contribution in [1.82, 2.24) is 5.32 Å². The smallest absolute Gasteiger partial charge is 0.313 e. The molecule has 0 spiro atoms. The molecule has 0 saturated carbocycles. The second-order valence-electron chi connectivity index (χ2n) is 4.76. The third-order valence-electron chi connectivity index (χ3n) is 3.01. The van der Waals surface area contributed by atoms with E-state index in [0.717, 1.165) is 0 Å². The van der Waals surface area contributed by atoms with Crippen LogP contribution in [0.2, 0.25) is 0 Å². The number of carbonyl (C=O) groups excluding carboxylic acids is 1. The summed E-state index contributed by atoms with van der Waals surface area (Å²) in [5, 5.41) is 11.3. The zero-order chi connectivity index (χ0) is 15.0. The number of benzene rings is 1. The summed E-state index contributed by atoms with van der Waals surface area (Å²) in [5.41, 5.74) is 2.40. The maximum absolute atomic E-state index is 11.8. The highest BCUT2D eigenvalue weighted by molar-refractivity contribution is 7.99. The second-order valence-corrected chi connectivity index (χ2v) is 5.86. The van der Waals surface area contributed by atoms with E-state index in [2.05, 4.69) is 11.4 Å². The number of carbonyl (C=O) groups is 2. The van der Waals surface area contributed by atoms with Crippen LogP contribution in [-0.2, 0) is 9.59 Å². The first kappa shape index (κ1) is 16.6. The SMILES string of the molecule is Cc1ccccc1C(C)CC(=O)NCCSCC(=O)O. The summed E-state index contributed by atoms with van der Waals surface area (Å²) < 4.78 is 0. The zero-order valence-electron chi connectivity index (χ0n) is 11.9. The fraction of sp³-hybridized carbons (Fsp3) is 0.467. The molecule has 1 unspecified atom stereocenters. The minimum atomic E-state index is -0.825. The van der Waals surface area contributed by atoms with Crippen molar-refractivity contribution in [2.24, 2.45) is 0 Å². The van der Waals surface area contributed by atoms with E-state index in [0.29, 0.717) is 18.7 Å². The average Bonchev–Trinajstić information content (AvgIpc) is 2.38. The molecule has 20 heavy (non-hydrogen) atoms. The lowest BCUT2D eigenvalue weighted by atomic mass is 9.93. The molecule has 0 radical (unpaired) electrons. The van der Waals surface area contributed by atoms with Crippen LogP contribution in [0.5, 0.6) is 0 Å². The number of thioether (sulfide) groups is 1. The van der Waals surface area contributed by atoms with Gasteiger partial charge in [-0.1, -0.05) is 31.2 Å². The minimum Gasteiger partial charge on any atom is -0.481 e. The van der Waals surface area contributed by atoms with E-state index >= 15 is 0 Å². The van der Waals surface area contributed by atoms with Gasteiger partial charge in [-0.15, -0.1) is 11.8 Å². The van der Waals surface area contributed by atoms with Crippen molar-refractivity contribution in [1.29, 1.82) is 0 Å². The van der Waals surface area contributed by atoms with Gasteiger partial charge in [0, 0.05) is 18.7 Å². The standard InChI is InChI=1S/C15H21NO3S/c1-11-5-3-4-6-13(11)12(2)9-14(17)16-7-8-20-10-15(18)19/h3-6,12H,7-10H2,1-2H3,(H,16,17)(H,18,19). The van der Waals surface area contributed by atoms with E-state index in [1.165, 1.54) is 22.9 Å². The summed E-state index contributed by atoms with van der Waals surface area (Å²) >= 11 is 1.31. The van der Waals surface area contributed by atoms with E-state index < -0.39 is 5.97 Å². The van der Waals surface area contributed by atoms with Crippen LogP contribution in [0.4, 0.5) is 0 Å². The predicted octanol–water partition coefficient (Wildman–Crippen LogP) is 2.42. The average molecular weight is 295 g/mol. The third kappa shape index (κ3) is 6.10. The van der Waals surface area contributed by atoms with Crippen LogP contribution in [-0.4, -0.2) is 35.0 Å². The van der Waals surface area contributed by atoms with E-state index in [4.69, 9.17) is 5.11 Å². The molecule has 1 aromatic carbocycles. The first-order chi connectivity index (χ1) is 9.50. The van der Waals surface area contributed by atoms with Crippen molar-refractivity contribution < 1.29 is 14.7 Å². The van der Waals surface area contributed by atoms with Gasteiger partial charge in [0.25, 0.3) is 0 Å². The first-order valence-corrected chi connectivity index (χ1v) is 7.78. The molecule has 1 rings (SSSR count). The Balaban J connectivity index is 2.28. The summed E-state index contributed by atoms with van der Waals surface area (Å²) in [6.07, 6.45) is 0.453. The van der Waals surface area contributed by atoms with Gasteiger partial charge in [0.05, 0.1) is 5.75 Å². The molecule has 5 heteroatoms. The number of aliphatic carboxylic acids is 1. The van der Waals surface area contributed by atoms with Gasteiger partial charge >= 0.3 is 5.97 Å². The number of aryl methyl sites for hydroxylation is 1. The van der Waals surface area contributed by atoms with Crippen molar-refractivity contribution in [2.45, 2.75) is 26.2 Å². The maximum atomic E-state index is 11.8. The molecule has 0 bridgehead atoms. The molecule has 0 aromatic heterocycles. The molecular weight excluding hydrogens is 274 g/mol. The number of carboxylic acids is 1. The second kappa shape index (κ2) is 8.64. The molecule has 110 valence electrons. The summed E-state index contributed by atoms with van der Waals surface area (Å²) in [6, 6.07) is 8.08. The number of hydrogen-bond acceptors (Lipinski definition) is 3. The Bertz CT molecular complexity index is 462. The molecule has 0 heterocycles. The molecule has 0 aliphatic heterocycles. The molecule has 1 aromatic rings. The summed E-state index contributed by atoms with van der Waals surface area (Å²) in [6.45, 7) is 4.60. The van der Waals surface area contributed by atoms with Crippen LogP contribution in [0.1, 0.15) is 30.4 Å². The maximum Gasteiger partial charge on any atom is 0.313 e. The molecule has 1 atom stereocenters. The fourth-order valence-electron chi connectivity index (χ4n) is 2.02. The van der Waals surface area contributed by atoms with E-state index in [1.54, 1.807) is 0 Å². The van der Waals surface area contributed by atoms with Gasteiger partial charge in [-0.3, -0.25) is 9.59 Å². The Kier molecular flexibility index (Phi) is 7.15. The van der Waals surface area contributed by atoms with Crippen molar-refractivity contribution >= 4 is 23.6 Å². The first-order valence-electron chi connectivity index (χ1n) is 6.62. The molecule has 0 aliphatic carbocycles. The van der Waals surface area contributed by atoms with E-state index in [-0.39, 0.29) is 17.6 Å². The molecule has 0 fully saturated rings. The van der Waals surface area contributed by atoms with Crippen molar-refractivity contribution in [3.05, 3.63) is 35.4 Å². The van der Waals surface area contributed by atoms with Crippen LogP contribution >= 0.6 is 11.8 Å². The van der Waals surface area contributed by atoms with Crippen LogP contribution in [0.25, 0.3) is 0 Å². The Labute approximate surface area is 124 Å². The van der Waals surface area contributed by atoms with E-state index in [9.17, 15) is 9.59 Å². The van der Waals surface area contributed by atoms with Gasteiger partial charge < -0.3 is 10.4 Å². The predicted molar refractivity (Wildman–Crippen MR) is 82.2 cm³/mol. The molecule has 4 nitrogen and oxygen atoms in total. The Morgan fingerprint density at radius 3 is 2.70 bits per heavy atom. The minimum absolute atomic E-state index is 0.0108. The van der Waals surface area contributed by atoms with Crippen molar-refractivity contribution in [3.8, 4) is 0 Å². The van der Waals surface area contributed by atoms with Gasteiger partial charge in [-0.2, -0.15) is 0 Å². The molecular formula is C15H21NO3S. The van der Waals surface area contributed by atoms with Crippen molar-refractivity contribution in [2.75, 3.05) is 18.1 Å². The quantitative estimate of drug-likeness (QED) is 0.723. The van der Waals surface area contributed by atoms with Crippen molar-refractivity contribution in [3.63, 3.8) is 0 Å². The van der Waals surface area contributed by atoms with Gasteiger partial charge in [-0.25, -0.2) is 0 Å². The Morgan fingerprint density at radius 2 is 2.05 bits per heavy atom. The highest BCUT2D eigenvalue weighted by Gasteiger charge is 2.12. The number of rotatable bonds is 8. The van der Waals surface area contributed by atoms with E-state index in [1.807, 2.05) is 32.0 Å². The zero-order valence-corrected chi connectivity index (χ0v) is 12.7. The topological polar surface area (TPSA) is 66.4 Å². The molecule has 0 aliphatic rings. The lowest BCUT2D eigenvalue weighted by Crippen LogP contribution is -2.27.